The van der Waals surface area contributed by atoms with Gasteiger partial charge in [0.25, 0.3) is 0 Å². The first kappa shape index (κ1) is 20.4. The summed E-state index contributed by atoms with van der Waals surface area (Å²) in [7, 11) is 0. The van der Waals surface area contributed by atoms with Crippen molar-refractivity contribution in [2.75, 3.05) is 0 Å². The molecule has 0 aromatic heterocycles. The molecule has 2 atom stereocenters. The number of benzene rings is 2. The Morgan fingerprint density at radius 2 is 1.52 bits per heavy atom. The Balaban J connectivity index is 1.49. The molecule has 0 saturated heterocycles. The molecule has 1 fully saturated rings. The van der Waals surface area contributed by atoms with Gasteiger partial charge in [0, 0.05) is 22.2 Å². The smallest absolute Gasteiger partial charge is 0.0940 e. The van der Waals surface area contributed by atoms with Crippen molar-refractivity contribution in [2.24, 2.45) is 0 Å². The molecule has 2 aromatic rings. The summed E-state index contributed by atoms with van der Waals surface area (Å²) in [5.74, 6) is 0.690. The molecule has 2 unspecified atom stereocenters. The van der Waals surface area contributed by atoms with Crippen LogP contribution in [0.2, 0.25) is 0 Å². The topological polar surface area (TPSA) is 32.3 Å². The molecule has 0 aliphatic heterocycles. The lowest BCUT2D eigenvalue weighted by Gasteiger charge is -2.33. The van der Waals surface area contributed by atoms with E-state index in [4.69, 9.17) is 0 Å². The van der Waals surface area contributed by atoms with Crippen LogP contribution in [0.5, 0.6) is 0 Å². The van der Waals surface area contributed by atoms with Crippen molar-refractivity contribution < 1.29 is 5.11 Å². The minimum absolute atomic E-state index is 0.0619. The molecule has 0 bridgehead atoms. The Labute approximate surface area is 168 Å². The molecule has 3 rings (SSSR count). The molecule has 0 heterocycles. The zero-order valence-electron chi connectivity index (χ0n) is 16.8. The fraction of sp³-hybridized carbons (Fsp3) is 0.500. The van der Waals surface area contributed by atoms with E-state index in [0.29, 0.717) is 17.2 Å². The van der Waals surface area contributed by atoms with Crippen molar-refractivity contribution in [1.82, 2.24) is 5.32 Å². The van der Waals surface area contributed by atoms with Crippen LogP contribution in [0.25, 0.3) is 0 Å². The van der Waals surface area contributed by atoms with Crippen LogP contribution >= 0.6 is 11.8 Å². The van der Waals surface area contributed by atoms with Crippen LogP contribution in [0, 0.1) is 0 Å². The van der Waals surface area contributed by atoms with Gasteiger partial charge in [0.1, 0.15) is 0 Å². The van der Waals surface area contributed by atoms with E-state index >= 15 is 0 Å². The number of nitrogens with one attached hydrogen (secondary N) is 1. The molecule has 3 heteroatoms. The third kappa shape index (κ3) is 5.84. The highest BCUT2D eigenvalue weighted by atomic mass is 32.2. The first-order valence-corrected chi connectivity index (χ1v) is 11.2. The molecule has 2 aromatic carbocycles. The van der Waals surface area contributed by atoms with Gasteiger partial charge < -0.3 is 10.4 Å². The Kier molecular flexibility index (Phi) is 7.40. The molecule has 1 aliphatic rings. The summed E-state index contributed by atoms with van der Waals surface area (Å²) in [4.78, 5) is 1.26. The maximum atomic E-state index is 10.8. The fourth-order valence-electron chi connectivity index (χ4n) is 4.09. The second-order valence-corrected chi connectivity index (χ2v) is 9.74. The molecule has 27 heavy (non-hydrogen) atoms. The number of aliphatic hydroxyl groups is 1. The first-order chi connectivity index (χ1) is 13.0. The number of hydrogen-bond acceptors (Lipinski definition) is 3. The lowest BCUT2D eigenvalue weighted by atomic mass is 9.81. The van der Waals surface area contributed by atoms with E-state index in [2.05, 4.69) is 80.7 Å². The summed E-state index contributed by atoms with van der Waals surface area (Å²) in [5, 5.41) is 15.0. The summed E-state index contributed by atoms with van der Waals surface area (Å²) in [5.41, 5.74) is 2.48. The third-order valence-electron chi connectivity index (χ3n) is 5.56. The number of rotatable bonds is 7. The molecular formula is C24H33NOS. The molecule has 146 valence electrons. The van der Waals surface area contributed by atoms with E-state index in [9.17, 15) is 5.11 Å². The Bertz CT molecular complexity index is 677. The van der Waals surface area contributed by atoms with Crippen LogP contribution in [0.1, 0.15) is 69.6 Å². The summed E-state index contributed by atoms with van der Waals surface area (Å²) in [6.07, 6.45) is 4.35. The highest BCUT2D eigenvalue weighted by molar-refractivity contribution is 7.99. The van der Waals surface area contributed by atoms with Crippen molar-refractivity contribution in [1.29, 1.82) is 0 Å². The van der Waals surface area contributed by atoms with Gasteiger partial charge in [-0.3, -0.25) is 0 Å². The molecule has 1 aliphatic carbocycles. The summed E-state index contributed by atoms with van der Waals surface area (Å²) in [6, 6.07) is 19.8. The average molecular weight is 384 g/mol. The number of aliphatic hydroxyl groups excluding tert-OH is 1. The SMILES string of the molecule is CC(C)Sc1ccc(C(O)C(C)NC2CCC(c3ccccc3)CC2)cc1. The third-order valence-corrected chi connectivity index (χ3v) is 6.58. The molecule has 0 amide bonds. The highest BCUT2D eigenvalue weighted by Crippen LogP contribution is 2.33. The van der Waals surface area contributed by atoms with Gasteiger partial charge in [0.05, 0.1) is 6.10 Å². The monoisotopic (exact) mass is 383 g/mol. The maximum Gasteiger partial charge on any atom is 0.0940 e. The van der Waals surface area contributed by atoms with Crippen molar-refractivity contribution in [3.05, 3.63) is 65.7 Å². The summed E-state index contributed by atoms with van der Waals surface area (Å²) < 4.78 is 0. The lowest BCUT2D eigenvalue weighted by molar-refractivity contribution is 0.124. The van der Waals surface area contributed by atoms with Crippen molar-refractivity contribution >= 4 is 11.8 Å². The fourth-order valence-corrected chi connectivity index (χ4v) is 4.92. The van der Waals surface area contributed by atoms with E-state index in [1.54, 1.807) is 0 Å². The molecule has 2 N–H and O–H groups in total. The predicted octanol–water partition coefficient (Wildman–Crippen LogP) is 5.93. The van der Waals surface area contributed by atoms with E-state index in [0.717, 1.165) is 5.56 Å². The Morgan fingerprint density at radius 1 is 0.889 bits per heavy atom. The average Bonchev–Trinajstić information content (AvgIpc) is 2.69. The van der Waals surface area contributed by atoms with Gasteiger partial charge in [0.15, 0.2) is 0 Å². The predicted molar refractivity (Wildman–Crippen MR) is 116 cm³/mol. The van der Waals surface area contributed by atoms with E-state index in [1.807, 2.05) is 11.8 Å². The normalized spacial score (nSPS) is 22.6. The van der Waals surface area contributed by atoms with Gasteiger partial charge in [-0.2, -0.15) is 0 Å². The van der Waals surface area contributed by atoms with Crippen LogP contribution in [0.3, 0.4) is 0 Å². The number of thioether (sulfide) groups is 1. The van der Waals surface area contributed by atoms with E-state index < -0.39 is 6.10 Å². The van der Waals surface area contributed by atoms with Gasteiger partial charge >= 0.3 is 0 Å². The standard InChI is InChI=1S/C24H33NOS/c1-17(2)27-23-15-11-21(12-16-23)24(26)18(3)25-22-13-9-20(10-14-22)19-7-5-4-6-8-19/h4-8,11-12,15-18,20,22,24-26H,9-10,13-14H2,1-3H3. The Morgan fingerprint density at radius 3 is 2.11 bits per heavy atom. The maximum absolute atomic E-state index is 10.8. The molecule has 1 saturated carbocycles. The van der Waals surface area contributed by atoms with Crippen molar-refractivity contribution in [2.45, 2.75) is 80.7 Å². The van der Waals surface area contributed by atoms with Crippen LogP contribution in [-0.4, -0.2) is 22.4 Å². The minimum atomic E-state index is -0.463. The van der Waals surface area contributed by atoms with Gasteiger partial charge in [-0.1, -0.05) is 56.3 Å². The second kappa shape index (κ2) is 9.77. The van der Waals surface area contributed by atoms with Crippen LogP contribution < -0.4 is 5.32 Å². The van der Waals surface area contributed by atoms with Crippen LogP contribution in [0.15, 0.2) is 59.5 Å². The quantitative estimate of drug-likeness (QED) is 0.582. The van der Waals surface area contributed by atoms with Gasteiger partial charge in [-0.05, 0) is 61.8 Å². The Hall–Kier alpha value is -1.29. The van der Waals surface area contributed by atoms with Crippen molar-refractivity contribution in [3.8, 4) is 0 Å². The van der Waals surface area contributed by atoms with E-state index in [-0.39, 0.29) is 6.04 Å². The molecular weight excluding hydrogens is 350 g/mol. The highest BCUT2D eigenvalue weighted by Gasteiger charge is 2.25. The van der Waals surface area contributed by atoms with Crippen molar-refractivity contribution in [3.63, 3.8) is 0 Å². The molecule has 2 nitrogen and oxygen atoms in total. The van der Waals surface area contributed by atoms with Gasteiger partial charge in [0.2, 0.25) is 0 Å². The number of hydrogen-bond donors (Lipinski definition) is 2. The summed E-state index contributed by atoms with van der Waals surface area (Å²) in [6.45, 7) is 6.50. The van der Waals surface area contributed by atoms with Gasteiger partial charge in [-0.25, -0.2) is 0 Å². The summed E-state index contributed by atoms with van der Waals surface area (Å²) >= 11 is 1.86. The van der Waals surface area contributed by atoms with Crippen LogP contribution in [0.4, 0.5) is 0 Å². The molecule has 0 spiro atoms. The van der Waals surface area contributed by atoms with Gasteiger partial charge in [-0.15, -0.1) is 11.8 Å². The lowest BCUT2D eigenvalue weighted by Crippen LogP contribution is -2.41. The van der Waals surface area contributed by atoms with Crippen LogP contribution in [-0.2, 0) is 0 Å². The largest absolute Gasteiger partial charge is 0.387 e. The zero-order chi connectivity index (χ0) is 19.2. The minimum Gasteiger partial charge on any atom is -0.387 e. The zero-order valence-corrected chi connectivity index (χ0v) is 17.6. The van der Waals surface area contributed by atoms with E-state index in [1.165, 1.54) is 36.1 Å². The second-order valence-electron chi connectivity index (χ2n) is 8.10. The first-order valence-electron chi connectivity index (χ1n) is 10.3. The molecule has 0 radical (unpaired) electrons.